The first-order valence-electron chi connectivity index (χ1n) is 15.3. The van der Waals surface area contributed by atoms with Gasteiger partial charge in [0, 0.05) is 42.2 Å². The average molecular weight is 644 g/mol. The number of nitrogens with zero attached hydrogens (tertiary/aromatic N) is 5. The van der Waals surface area contributed by atoms with Gasteiger partial charge >= 0.3 is 7.12 Å². The molecule has 2 fully saturated rings. The highest BCUT2D eigenvalue weighted by atomic mass is 19.1. The van der Waals surface area contributed by atoms with Crippen LogP contribution in [-0.4, -0.2) is 79.3 Å². The van der Waals surface area contributed by atoms with E-state index in [-0.39, 0.29) is 42.1 Å². The van der Waals surface area contributed by atoms with E-state index in [0.29, 0.717) is 16.7 Å². The van der Waals surface area contributed by atoms with Crippen molar-refractivity contribution in [1.82, 2.24) is 24.6 Å². The number of fused-ring (bicyclic) bond motifs is 1. The van der Waals surface area contributed by atoms with Crippen LogP contribution < -0.4 is 10.8 Å². The fourth-order valence-corrected chi connectivity index (χ4v) is 5.82. The van der Waals surface area contributed by atoms with E-state index in [1.54, 1.807) is 43.6 Å². The van der Waals surface area contributed by atoms with E-state index in [2.05, 4.69) is 20.4 Å². The number of aryl methyl sites for hydroxylation is 1. The molecule has 47 heavy (non-hydrogen) atoms. The van der Waals surface area contributed by atoms with Crippen molar-refractivity contribution >= 4 is 46.8 Å². The van der Waals surface area contributed by atoms with Gasteiger partial charge in [-0.1, -0.05) is 18.2 Å². The summed E-state index contributed by atoms with van der Waals surface area (Å²) in [5.74, 6) is -1.74. The molecule has 4 heterocycles. The fourth-order valence-electron chi connectivity index (χ4n) is 5.82. The number of benzene rings is 2. The van der Waals surface area contributed by atoms with Gasteiger partial charge in [-0.3, -0.25) is 19.1 Å². The maximum atomic E-state index is 15.7. The first-order valence-corrected chi connectivity index (χ1v) is 15.3. The van der Waals surface area contributed by atoms with Crippen LogP contribution >= 0.6 is 0 Å². The van der Waals surface area contributed by atoms with E-state index < -0.39 is 48.2 Å². The first kappa shape index (κ1) is 32.4. The second kappa shape index (κ2) is 11.9. The molecule has 2 aromatic carbocycles. The predicted molar refractivity (Wildman–Crippen MR) is 171 cm³/mol. The van der Waals surface area contributed by atoms with Gasteiger partial charge in [-0.2, -0.15) is 5.10 Å². The Hall–Kier alpha value is -4.56. The lowest BCUT2D eigenvalue weighted by atomic mass is 9.78. The van der Waals surface area contributed by atoms with Gasteiger partial charge in [0.15, 0.2) is 5.78 Å². The van der Waals surface area contributed by atoms with Gasteiger partial charge in [0.25, 0.3) is 0 Å². The molecule has 2 aromatic heterocycles. The van der Waals surface area contributed by atoms with Crippen molar-refractivity contribution in [3.8, 4) is 11.1 Å². The highest BCUT2D eigenvalue weighted by Crippen LogP contribution is 2.37. The highest BCUT2D eigenvalue weighted by molar-refractivity contribution is 6.62. The molecule has 14 heteroatoms. The van der Waals surface area contributed by atoms with Crippen molar-refractivity contribution in [2.24, 2.45) is 0 Å². The molecule has 0 unspecified atom stereocenters. The van der Waals surface area contributed by atoms with Gasteiger partial charge in [-0.05, 0) is 58.4 Å². The van der Waals surface area contributed by atoms with Crippen LogP contribution in [0.25, 0.3) is 22.0 Å². The molecule has 11 nitrogen and oxygen atoms in total. The van der Waals surface area contributed by atoms with Gasteiger partial charge < -0.3 is 19.5 Å². The Bertz CT molecular complexity index is 1880. The van der Waals surface area contributed by atoms with Crippen LogP contribution in [0, 0.1) is 12.7 Å². The van der Waals surface area contributed by atoms with Crippen LogP contribution in [-0.2, 0) is 25.4 Å². The Morgan fingerprint density at radius 1 is 1.04 bits per heavy atom. The standard InChI is InChI=1S/C33H35BF2N6O5/c1-18(43)30-23-12-20(21-14-37-19(2)38-15-21)10-11-26(23)42(40-30)17-28(44)41-16-22(35)13-27(41)31(45)39-25-9-7-8-24(29(25)36)34-46-32(3,4)33(5,6)47-34/h7-12,14-15,22,27H,13,16-17H2,1-6H3,(H,39,45)/t22-,27+/m1/s1. The molecule has 0 aliphatic carbocycles. The summed E-state index contributed by atoms with van der Waals surface area (Å²) < 4.78 is 43.8. The summed E-state index contributed by atoms with van der Waals surface area (Å²) in [4.78, 5) is 49.1. The van der Waals surface area contributed by atoms with Gasteiger partial charge in [0.2, 0.25) is 11.8 Å². The Morgan fingerprint density at radius 2 is 1.72 bits per heavy atom. The Labute approximate surface area is 270 Å². The number of amides is 2. The lowest BCUT2D eigenvalue weighted by Gasteiger charge is -2.32. The van der Waals surface area contributed by atoms with E-state index in [1.165, 1.54) is 23.7 Å². The summed E-state index contributed by atoms with van der Waals surface area (Å²) in [5, 5.41) is 7.47. The smallest absolute Gasteiger partial charge is 0.399 e. The average Bonchev–Trinajstić information content (AvgIpc) is 3.64. The van der Waals surface area contributed by atoms with Gasteiger partial charge in [-0.15, -0.1) is 0 Å². The monoisotopic (exact) mass is 644 g/mol. The van der Waals surface area contributed by atoms with Crippen molar-refractivity contribution in [3.05, 3.63) is 66.1 Å². The van der Waals surface area contributed by atoms with Crippen molar-refractivity contribution in [2.75, 3.05) is 11.9 Å². The van der Waals surface area contributed by atoms with Crippen molar-refractivity contribution in [2.45, 2.75) is 77.9 Å². The third-order valence-corrected chi connectivity index (χ3v) is 9.15. The predicted octanol–water partition coefficient (Wildman–Crippen LogP) is 4.02. The van der Waals surface area contributed by atoms with E-state index in [9.17, 15) is 18.8 Å². The number of likely N-dealkylation sites (tertiary alicyclic amines) is 1. The molecular weight excluding hydrogens is 609 g/mol. The van der Waals surface area contributed by atoms with Crippen LogP contribution in [0.1, 0.15) is 57.4 Å². The Balaban J connectivity index is 1.22. The number of halogens is 2. The molecule has 2 saturated heterocycles. The van der Waals surface area contributed by atoms with Crippen LogP contribution in [0.4, 0.5) is 14.5 Å². The van der Waals surface area contributed by atoms with Crippen molar-refractivity contribution < 1.29 is 32.5 Å². The molecular formula is C33H35BF2N6O5. The highest BCUT2D eigenvalue weighted by Gasteiger charge is 2.52. The zero-order valence-electron chi connectivity index (χ0n) is 27.0. The number of aromatic nitrogens is 4. The SMILES string of the molecule is CC(=O)c1nn(CC(=O)N2C[C@H](F)C[C@H]2C(=O)Nc2cccc(B3OC(C)(C)C(C)(C)O3)c2F)c2ccc(-c3cnc(C)nc3)cc12. The second-order valence-electron chi connectivity index (χ2n) is 13.0. The summed E-state index contributed by atoms with van der Waals surface area (Å²) in [6, 6.07) is 8.58. The number of carbonyl (C=O) groups excluding carboxylic acids is 3. The molecule has 2 aliphatic heterocycles. The summed E-state index contributed by atoms with van der Waals surface area (Å²) in [6.07, 6.45) is 1.64. The minimum atomic E-state index is -1.46. The van der Waals surface area contributed by atoms with Gasteiger partial charge in [0.1, 0.15) is 36.1 Å². The van der Waals surface area contributed by atoms with Crippen LogP contribution in [0.15, 0.2) is 48.8 Å². The number of hydrogen-bond donors (Lipinski definition) is 1. The van der Waals surface area contributed by atoms with E-state index in [0.717, 1.165) is 16.0 Å². The van der Waals surface area contributed by atoms with Crippen molar-refractivity contribution in [1.29, 1.82) is 0 Å². The summed E-state index contributed by atoms with van der Waals surface area (Å²) >= 11 is 0. The molecule has 0 radical (unpaired) electrons. The number of ketones is 1. The molecule has 2 aliphatic rings. The molecule has 2 amide bonds. The molecule has 0 spiro atoms. The number of nitrogens with one attached hydrogen (secondary N) is 1. The quantitative estimate of drug-likeness (QED) is 0.236. The maximum Gasteiger partial charge on any atom is 0.497 e. The molecule has 4 aromatic rings. The lowest BCUT2D eigenvalue weighted by molar-refractivity contribution is -0.137. The van der Waals surface area contributed by atoms with Crippen LogP contribution in [0.2, 0.25) is 0 Å². The zero-order valence-corrected chi connectivity index (χ0v) is 27.0. The summed E-state index contributed by atoms with van der Waals surface area (Å²) in [5.41, 5.74) is 0.746. The third-order valence-electron chi connectivity index (χ3n) is 9.15. The van der Waals surface area contributed by atoms with Crippen LogP contribution in [0.5, 0.6) is 0 Å². The molecule has 0 bridgehead atoms. The van der Waals surface area contributed by atoms with Gasteiger partial charge in [0.05, 0.1) is 29.0 Å². The normalized spacial score (nSPS) is 20.2. The third kappa shape index (κ3) is 6.03. The number of hydrogen-bond acceptors (Lipinski definition) is 8. The van der Waals surface area contributed by atoms with Crippen molar-refractivity contribution in [3.63, 3.8) is 0 Å². The number of Topliss-reactive ketones (excluding diaryl/α,β-unsaturated/α-hetero) is 1. The Morgan fingerprint density at radius 3 is 2.38 bits per heavy atom. The summed E-state index contributed by atoms with van der Waals surface area (Å²) in [7, 11) is -0.998. The van der Waals surface area contributed by atoms with Crippen LogP contribution in [0.3, 0.4) is 0 Å². The number of rotatable bonds is 7. The first-order chi connectivity index (χ1) is 22.1. The zero-order chi connectivity index (χ0) is 33.8. The number of anilines is 1. The lowest BCUT2D eigenvalue weighted by Crippen LogP contribution is -2.45. The van der Waals surface area contributed by atoms with Gasteiger partial charge in [-0.25, -0.2) is 18.7 Å². The molecule has 2 atom stereocenters. The molecule has 0 saturated carbocycles. The number of carbonyl (C=O) groups is 3. The molecule has 6 rings (SSSR count). The molecule has 244 valence electrons. The van der Waals surface area contributed by atoms with E-state index in [4.69, 9.17) is 9.31 Å². The Kier molecular flexibility index (Phi) is 8.21. The minimum absolute atomic E-state index is 0.106. The van der Waals surface area contributed by atoms with E-state index >= 15 is 4.39 Å². The minimum Gasteiger partial charge on any atom is -0.399 e. The molecule has 1 N–H and O–H groups in total. The second-order valence-corrected chi connectivity index (χ2v) is 13.0. The largest absolute Gasteiger partial charge is 0.497 e. The number of alkyl halides is 1. The fraction of sp³-hybridized carbons (Fsp3) is 0.394. The summed E-state index contributed by atoms with van der Waals surface area (Å²) in [6.45, 7) is 9.89. The van der Waals surface area contributed by atoms with E-state index in [1.807, 2.05) is 27.7 Å². The topological polar surface area (TPSA) is 129 Å². The maximum absolute atomic E-state index is 15.7.